The summed E-state index contributed by atoms with van der Waals surface area (Å²) in [7, 11) is 0. The molecule has 1 unspecified atom stereocenters. The molecule has 2 rings (SSSR count). The van der Waals surface area contributed by atoms with Crippen molar-refractivity contribution >= 4 is 11.8 Å². The topological polar surface area (TPSA) is 82.3 Å². The molecule has 1 aliphatic heterocycles. The predicted octanol–water partition coefficient (Wildman–Crippen LogP) is 0.116. The first kappa shape index (κ1) is 13.3. The number of aromatic amines is 1. The Balaban J connectivity index is 2.00. The summed E-state index contributed by atoms with van der Waals surface area (Å²) < 4.78 is 0. The van der Waals surface area contributed by atoms with Gasteiger partial charge in [0.15, 0.2) is 0 Å². The zero-order valence-corrected chi connectivity index (χ0v) is 10.8. The van der Waals surface area contributed by atoms with E-state index in [4.69, 9.17) is 0 Å². The minimum atomic E-state index is -0.620. The summed E-state index contributed by atoms with van der Waals surface area (Å²) in [5.74, 6) is -0.625. The molecule has 6 nitrogen and oxygen atoms in total. The Labute approximate surface area is 110 Å². The van der Waals surface area contributed by atoms with Crippen LogP contribution < -0.4 is 10.9 Å². The van der Waals surface area contributed by atoms with Gasteiger partial charge in [0, 0.05) is 19.3 Å². The van der Waals surface area contributed by atoms with Gasteiger partial charge in [0.25, 0.3) is 11.5 Å². The second-order valence-electron chi connectivity index (χ2n) is 4.64. The molecule has 1 saturated heterocycles. The van der Waals surface area contributed by atoms with Crippen LogP contribution in [0.25, 0.3) is 0 Å². The number of H-pyrrole nitrogens is 1. The molecule has 0 bridgehead atoms. The van der Waals surface area contributed by atoms with Gasteiger partial charge < -0.3 is 15.2 Å². The predicted molar refractivity (Wildman–Crippen MR) is 69.8 cm³/mol. The molecular formula is C13H17N3O3. The fourth-order valence-electron chi connectivity index (χ4n) is 2.15. The second-order valence-corrected chi connectivity index (χ2v) is 4.64. The van der Waals surface area contributed by atoms with E-state index in [1.807, 2.05) is 0 Å². The molecule has 1 aliphatic rings. The van der Waals surface area contributed by atoms with E-state index in [1.54, 1.807) is 17.9 Å². The van der Waals surface area contributed by atoms with E-state index in [9.17, 15) is 14.4 Å². The highest BCUT2D eigenvalue weighted by atomic mass is 16.2. The molecule has 1 aromatic rings. The van der Waals surface area contributed by atoms with Gasteiger partial charge >= 0.3 is 0 Å². The number of nitrogens with one attached hydrogen (secondary N) is 2. The molecule has 0 radical (unpaired) electrons. The highest BCUT2D eigenvalue weighted by Gasteiger charge is 2.25. The maximum absolute atomic E-state index is 12.0. The quantitative estimate of drug-likeness (QED) is 0.812. The fourth-order valence-corrected chi connectivity index (χ4v) is 2.15. The molecule has 102 valence electrons. The van der Waals surface area contributed by atoms with E-state index in [0.29, 0.717) is 0 Å². The van der Waals surface area contributed by atoms with Crippen molar-refractivity contribution in [3.63, 3.8) is 0 Å². The van der Waals surface area contributed by atoms with E-state index >= 15 is 0 Å². The number of rotatable bonds is 3. The lowest BCUT2D eigenvalue weighted by Crippen LogP contribution is -2.46. The summed E-state index contributed by atoms with van der Waals surface area (Å²) in [5.41, 5.74) is -0.440. The Morgan fingerprint density at radius 3 is 2.68 bits per heavy atom. The van der Waals surface area contributed by atoms with Crippen molar-refractivity contribution in [3.8, 4) is 0 Å². The Morgan fingerprint density at radius 1 is 1.37 bits per heavy atom. The highest BCUT2D eigenvalue weighted by molar-refractivity contribution is 5.97. The van der Waals surface area contributed by atoms with Crippen LogP contribution in [-0.2, 0) is 4.79 Å². The summed E-state index contributed by atoms with van der Waals surface area (Å²) >= 11 is 0. The monoisotopic (exact) mass is 263 g/mol. The lowest BCUT2D eigenvalue weighted by molar-refractivity contribution is -0.131. The number of aromatic nitrogens is 1. The molecule has 1 atom stereocenters. The van der Waals surface area contributed by atoms with Crippen molar-refractivity contribution in [2.75, 3.05) is 13.1 Å². The first-order valence-corrected chi connectivity index (χ1v) is 6.37. The van der Waals surface area contributed by atoms with Gasteiger partial charge in [0.2, 0.25) is 5.91 Å². The minimum absolute atomic E-state index is 0.0172. The number of carbonyl (C=O) groups excluding carboxylic acids is 2. The van der Waals surface area contributed by atoms with Crippen LogP contribution in [-0.4, -0.2) is 40.8 Å². The number of pyridine rings is 1. The average Bonchev–Trinajstić information content (AvgIpc) is 2.92. The second kappa shape index (κ2) is 5.69. The van der Waals surface area contributed by atoms with Crippen LogP contribution in [0, 0.1) is 0 Å². The van der Waals surface area contributed by atoms with Crippen LogP contribution >= 0.6 is 0 Å². The average molecular weight is 263 g/mol. The number of hydrogen-bond donors (Lipinski definition) is 2. The zero-order valence-electron chi connectivity index (χ0n) is 10.8. The first-order valence-electron chi connectivity index (χ1n) is 6.37. The van der Waals surface area contributed by atoms with Crippen LogP contribution in [0.3, 0.4) is 0 Å². The summed E-state index contributed by atoms with van der Waals surface area (Å²) in [6.07, 6.45) is 3.47. The molecule has 1 aromatic heterocycles. The van der Waals surface area contributed by atoms with Gasteiger partial charge in [-0.05, 0) is 31.9 Å². The number of hydrogen-bond acceptors (Lipinski definition) is 3. The van der Waals surface area contributed by atoms with Crippen molar-refractivity contribution in [1.29, 1.82) is 0 Å². The molecule has 0 aliphatic carbocycles. The third-order valence-corrected chi connectivity index (χ3v) is 3.20. The number of amides is 2. The molecule has 2 heterocycles. The molecule has 19 heavy (non-hydrogen) atoms. The molecule has 0 spiro atoms. The van der Waals surface area contributed by atoms with Crippen molar-refractivity contribution in [3.05, 3.63) is 34.2 Å². The summed E-state index contributed by atoms with van der Waals surface area (Å²) in [4.78, 5) is 39.5. The van der Waals surface area contributed by atoms with E-state index in [2.05, 4.69) is 10.3 Å². The lowest BCUT2D eigenvalue weighted by atomic mass is 10.2. The van der Waals surface area contributed by atoms with Crippen molar-refractivity contribution in [1.82, 2.24) is 15.2 Å². The van der Waals surface area contributed by atoms with E-state index < -0.39 is 17.5 Å². The zero-order chi connectivity index (χ0) is 13.8. The van der Waals surface area contributed by atoms with E-state index in [-0.39, 0.29) is 11.5 Å². The maximum atomic E-state index is 12.0. The maximum Gasteiger partial charge on any atom is 0.260 e. The first-order chi connectivity index (χ1) is 9.09. The van der Waals surface area contributed by atoms with Crippen molar-refractivity contribution in [2.24, 2.45) is 0 Å². The Kier molecular flexibility index (Phi) is 3.99. The normalized spacial score (nSPS) is 16.2. The number of nitrogens with zero attached hydrogens (tertiary/aromatic N) is 1. The smallest absolute Gasteiger partial charge is 0.260 e. The molecule has 6 heteroatoms. The SMILES string of the molecule is CC(NC(=O)c1ccc[nH]c1=O)C(=O)N1CCCC1. The molecule has 0 saturated carbocycles. The Bertz CT molecular complexity index is 532. The third kappa shape index (κ3) is 3.01. The lowest BCUT2D eigenvalue weighted by Gasteiger charge is -2.20. The largest absolute Gasteiger partial charge is 0.341 e. The fraction of sp³-hybridized carbons (Fsp3) is 0.462. The van der Waals surface area contributed by atoms with Gasteiger partial charge in [-0.2, -0.15) is 0 Å². The van der Waals surface area contributed by atoms with E-state index in [1.165, 1.54) is 12.3 Å². The highest BCUT2D eigenvalue weighted by Crippen LogP contribution is 2.09. The van der Waals surface area contributed by atoms with Crippen molar-refractivity contribution in [2.45, 2.75) is 25.8 Å². The van der Waals surface area contributed by atoms with Gasteiger partial charge in [-0.15, -0.1) is 0 Å². The van der Waals surface area contributed by atoms with E-state index in [0.717, 1.165) is 25.9 Å². The van der Waals surface area contributed by atoms with Crippen LogP contribution in [0.5, 0.6) is 0 Å². The van der Waals surface area contributed by atoms with Crippen molar-refractivity contribution < 1.29 is 9.59 Å². The number of carbonyl (C=O) groups is 2. The van der Waals surface area contributed by atoms with Gasteiger partial charge in [-0.25, -0.2) is 0 Å². The third-order valence-electron chi connectivity index (χ3n) is 3.20. The molecule has 2 N–H and O–H groups in total. The van der Waals surface area contributed by atoms with Gasteiger partial charge in [0.1, 0.15) is 11.6 Å². The summed E-state index contributed by atoms with van der Waals surface area (Å²) in [6, 6.07) is 2.38. The van der Waals surface area contributed by atoms with Crippen LogP contribution in [0.1, 0.15) is 30.1 Å². The minimum Gasteiger partial charge on any atom is -0.341 e. The Hall–Kier alpha value is -2.11. The summed E-state index contributed by atoms with van der Waals surface area (Å²) in [5, 5.41) is 2.56. The number of likely N-dealkylation sites (tertiary alicyclic amines) is 1. The molecule has 1 fully saturated rings. The van der Waals surface area contributed by atoms with Crippen LogP contribution in [0.4, 0.5) is 0 Å². The van der Waals surface area contributed by atoms with Gasteiger partial charge in [-0.1, -0.05) is 0 Å². The molecular weight excluding hydrogens is 246 g/mol. The van der Waals surface area contributed by atoms with Crippen LogP contribution in [0.15, 0.2) is 23.1 Å². The molecule has 0 aromatic carbocycles. The summed E-state index contributed by atoms with van der Waals surface area (Å²) in [6.45, 7) is 3.12. The van der Waals surface area contributed by atoms with Gasteiger partial charge in [0.05, 0.1) is 0 Å². The van der Waals surface area contributed by atoms with Crippen LogP contribution in [0.2, 0.25) is 0 Å². The van der Waals surface area contributed by atoms with Gasteiger partial charge in [-0.3, -0.25) is 14.4 Å². The standard InChI is InChI=1S/C13H17N3O3/c1-9(13(19)16-7-2-3-8-16)15-12(18)10-5-4-6-14-11(10)17/h4-6,9H,2-3,7-8H2,1H3,(H,14,17)(H,15,18). The Morgan fingerprint density at radius 2 is 2.05 bits per heavy atom. The molecule has 2 amide bonds.